The zero-order valence-electron chi connectivity index (χ0n) is 16.7. The van der Waals surface area contributed by atoms with E-state index in [1.807, 2.05) is 0 Å². The number of benzene rings is 1. The Hall–Kier alpha value is -1.60. The van der Waals surface area contributed by atoms with Crippen LogP contribution in [0.3, 0.4) is 0 Å². The van der Waals surface area contributed by atoms with Gasteiger partial charge in [-0.3, -0.25) is 4.79 Å². The number of nitrogens with one attached hydrogen (secondary N) is 1. The summed E-state index contributed by atoms with van der Waals surface area (Å²) in [4.78, 5) is 14.6. The molecule has 0 aromatic heterocycles. The fraction of sp³-hybridized carbons (Fsp3) is 0.650. The smallest absolute Gasteiger partial charge is 0.257 e. The summed E-state index contributed by atoms with van der Waals surface area (Å²) < 4.78 is 33.5. The lowest BCUT2D eigenvalue weighted by Gasteiger charge is -2.19. The van der Waals surface area contributed by atoms with Crippen molar-refractivity contribution in [3.63, 3.8) is 0 Å². The maximum absolute atomic E-state index is 12.8. The lowest BCUT2D eigenvalue weighted by atomic mass is 10.00. The topological polar surface area (TPSA) is 75.7 Å². The van der Waals surface area contributed by atoms with Crippen LogP contribution in [0.15, 0.2) is 23.1 Å². The Morgan fingerprint density at radius 2 is 1.96 bits per heavy atom. The van der Waals surface area contributed by atoms with Crippen LogP contribution in [0.5, 0.6) is 5.75 Å². The lowest BCUT2D eigenvalue weighted by Crippen LogP contribution is -2.30. The van der Waals surface area contributed by atoms with Gasteiger partial charge < -0.3 is 9.64 Å². The number of nitrogens with zero attached hydrogens (tertiary/aromatic N) is 1. The molecule has 0 saturated carbocycles. The molecule has 1 saturated heterocycles. The van der Waals surface area contributed by atoms with E-state index in [0.717, 1.165) is 38.5 Å². The molecular weight excluding hydrogens is 364 g/mol. The Bertz CT molecular complexity index is 727. The van der Waals surface area contributed by atoms with Gasteiger partial charge in [0, 0.05) is 19.6 Å². The minimum atomic E-state index is -3.67. The van der Waals surface area contributed by atoms with Gasteiger partial charge in [-0.25, -0.2) is 13.1 Å². The number of unbranched alkanes of at least 4 members (excludes halogenated alkanes) is 1. The number of hydrogen-bond donors (Lipinski definition) is 1. The molecule has 7 heteroatoms. The van der Waals surface area contributed by atoms with Crippen molar-refractivity contribution in [1.29, 1.82) is 0 Å². The number of carbonyl (C=O) groups excluding carboxylic acids is 1. The second-order valence-electron chi connectivity index (χ2n) is 7.13. The second-order valence-corrected chi connectivity index (χ2v) is 8.90. The summed E-state index contributed by atoms with van der Waals surface area (Å²) in [5, 5.41) is 0. The Morgan fingerprint density at radius 1 is 1.26 bits per heavy atom. The number of rotatable bonds is 10. The van der Waals surface area contributed by atoms with Gasteiger partial charge in [-0.05, 0) is 43.4 Å². The van der Waals surface area contributed by atoms with Crippen molar-refractivity contribution in [3.05, 3.63) is 23.8 Å². The molecule has 1 amide bonds. The van der Waals surface area contributed by atoms with Crippen molar-refractivity contribution in [1.82, 2.24) is 9.62 Å². The fourth-order valence-electron chi connectivity index (χ4n) is 3.37. The van der Waals surface area contributed by atoms with Crippen LogP contribution in [0.25, 0.3) is 0 Å². The van der Waals surface area contributed by atoms with Gasteiger partial charge in [0.2, 0.25) is 10.0 Å². The molecule has 0 bridgehead atoms. The predicted octanol–water partition coefficient (Wildman–Crippen LogP) is 3.43. The Balaban J connectivity index is 2.18. The molecule has 152 valence electrons. The molecule has 27 heavy (non-hydrogen) atoms. The van der Waals surface area contributed by atoms with Gasteiger partial charge >= 0.3 is 0 Å². The van der Waals surface area contributed by atoms with Crippen molar-refractivity contribution in [2.24, 2.45) is 5.92 Å². The first-order chi connectivity index (χ1) is 12.9. The summed E-state index contributed by atoms with van der Waals surface area (Å²) in [7, 11) is -2.18. The molecule has 0 spiro atoms. The first-order valence-electron chi connectivity index (χ1n) is 9.89. The number of hydrogen-bond acceptors (Lipinski definition) is 4. The second kappa shape index (κ2) is 10.1. The summed E-state index contributed by atoms with van der Waals surface area (Å²) in [6, 6.07) is 4.50. The largest absolute Gasteiger partial charge is 0.496 e. The summed E-state index contributed by atoms with van der Waals surface area (Å²) >= 11 is 0. The number of sulfonamides is 1. The van der Waals surface area contributed by atoms with E-state index in [4.69, 9.17) is 4.74 Å². The minimum Gasteiger partial charge on any atom is -0.496 e. The van der Waals surface area contributed by atoms with E-state index in [1.54, 1.807) is 11.0 Å². The van der Waals surface area contributed by atoms with Crippen molar-refractivity contribution in [2.45, 2.75) is 57.3 Å². The van der Waals surface area contributed by atoms with Gasteiger partial charge in [-0.1, -0.05) is 33.1 Å². The highest BCUT2D eigenvalue weighted by Crippen LogP contribution is 2.25. The molecule has 2 rings (SSSR count). The molecule has 1 aliphatic heterocycles. The maximum Gasteiger partial charge on any atom is 0.257 e. The summed E-state index contributed by atoms with van der Waals surface area (Å²) in [6.07, 6.45) is 6.09. The number of methoxy groups -OCH3 is 1. The van der Waals surface area contributed by atoms with E-state index < -0.39 is 10.0 Å². The molecule has 1 fully saturated rings. The third kappa shape index (κ3) is 5.69. The number of ether oxygens (including phenoxy) is 1. The minimum absolute atomic E-state index is 0.108. The summed E-state index contributed by atoms with van der Waals surface area (Å²) in [5.41, 5.74) is 0.306. The number of carbonyl (C=O) groups is 1. The number of amides is 1. The molecule has 1 unspecified atom stereocenters. The normalized spacial score (nSPS) is 15.7. The fourth-order valence-corrected chi connectivity index (χ4v) is 4.51. The van der Waals surface area contributed by atoms with Crippen LogP contribution in [-0.4, -0.2) is 46.0 Å². The zero-order chi connectivity index (χ0) is 19.9. The number of likely N-dealkylation sites (tertiary alicyclic amines) is 1. The molecule has 1 N–H and O–H groups in total. The predicted molar refractivity (Wildman–Crippen MR) is 107 cm³/mol. The van der Waals surface area contributed by atoms with Crippen LogP contribution in [0.2, 0.25) is 0 Å². The Labute approximate surface area is 163 Å². The average Bonchev–Trinajstić information content (AvgIpc) is 3.21. The molecule has 0 aliphatic carbocycles. The quantitative estimate of drug-likeness (QED) is 0.657. The van der Waals surface area contributed by atoms with Crippen molar-refractivity contribution in [3.8, 4) is 5.75 Å². The van der Waals surface area contributed by atoms with E-state index in [0.29, 0.717) is 36.9 Å². The highest BCUT2D eigenvalue weighted by Gasteiger charge is 2.25. The van der Waals surface area contributed by atoms with Crippen LogP contribution in [0.1, 0.15) is 62.7 Å². The summed E-state index contributed by atoms with van der Waals surface area (Å²) in [5.74, 6) is 0.555. The van der Waals surface area contributed by atoms with Crippen LogP contribution in [-0.2, 0) is 10.0 Å². The van der Waals surface area contributed by atoms with Gasteiger partial charge in [-0.2, -0.15) is 0 Å². The van der Waals surface area contributed by atoms with Gasteiger partial charge in [0.05, 0.1) is 17.6 Å². The van der Waals surface area contributed by atoms with Gasteiger partial charge in [0.1, 0.15) is 5.75 Å². The van der Waals surface area contributed by atoms with Gasteiger partial charge in [0.15, 0.2) is 0 Å². The first kappa shape index (κ1) is 21.7. The molecule has 1 aromatic rings. The Kier molecular flexibility index (Phi) is 8.10. The molecule has 6 nitrogen and oxygen atoms in total. The SMILES string of the molecule is CCCCC(CC)CNS(=O)(=O)c1ccc(OC)c(C(=O)N2CCCC2)c1. The molecule has 1 heterocycles. The van der Waals surface area contributed by atoms with Crippen LogP contribution in [0, 0.1) is 5.92 Å². The third-order valence-corrected chi connectivity index (χ3v) is 6.63. The van der Waals surface area contributed by atoms with Crippen LogP contribution < -0.4 is 9.46 Å². The zero-order valence-corrected chi connectivity index (χ0v) is 17.5. The lowest BCUT2D eigenvalue weighted by molar-refractivity contribution is 0.0789. The van der Waals surface area contributed by atoms with Crippen molar-refractivity contribution >= 4 is 15.9 Å². The van der Waals surface area contributed by atoms with E-state index in [9.17, 15) is 13.2 Å². The monoisotopic (exact) mass is 396 g/mol. The van der Waals surface area contributed by atoms with Crippen molar-refractivity contribution in [2.75, 3.05) is 26.7 Å². The van der Waals surface area contributed by atoms with E-state index in [1.165, 1.54) is 19.2 Å². The molecule has 1 atom stereocenters. The average molecular weight is 397 g/mol. The maximum atomic E-state index is 12.8. The molecule has 1 aliphatic rings. The molecular formula is C20H32N2O4S. The standard InChI is InChI=1S/C20H32N2O4S/c1-4-6-9-16(5-2)15-21-27(24,25)17-10-11-19(26-3)18(14-17)20(23)22-12-7-8-13-22/h10-11,14,16,21H,4-9,12-13,15H2,1-3H3. The van der Waals surface area contributed by atoms with Crippen LogP contribution >= 0.6 is 0 Å². The third-order valence-electron chi connectivity index (χ3n) is 5.21. The van der Waals surface area contributed by atoms with Gasteiger partial charge in [0.25, 0.3) is 5.91 Å². The van der Waals surface area contributed by atoms with E-state index in [2.05, 4.69) is 18.6 Å². The summed E-state index contributed by atoms with van der Waals surface area (Å²) in [6.45, 7) is 6.03. The van der Waals surface area contributed by atoms with Crippen molar-refractivity contribution < 1.29 is 17.9 Å². The molecule has 0 radical (unpaired) electrons. The van der Waals surface area contributed by atoms with Crippen LogP contribution in [0.4, 0.5) is 0 Å². The molecule has 1 aromatic carbocycles. The van der Waals surface area contributed by atoms with Gasteiger partial charge in [-0.15, -0.1) is 0 Å². The Morgan fingerprint density at radius 3 is 2.56 bits per heavy atom. The first-order valence-corrected chi connectivity index (χ1v) is 11.4. The van der Waals surface area contributed by atoms with E-state index >= 15 is 0 Å². The highest BCUT2D eigenvalue weighted by atomic mass is 32.2. The van der Waals surface area contributed by atoms with E-state index in [-0.39, 0.29) is 10.8 Å². The highest BCUT2D eigenvalue weighted by molar-refractivity contribution is 7.89.